The van der Waals surface area contributed by atoms with Gasteiger partial charge in [0, 0.05) is 10.9 Å². The lowest BCUT2D eigenvalue weighted by atomic mass is 9.86. The van der Waals surface area contributed by atoms with E-state index in [4.69, 9.17) is 0 Å². The van der Waals surface area contributed by atoms with Crippen molar-refractivity contribution in [1.29, 1.82) is 0 Å². The van der Waals surface area contributed by atoms with Crippen LogP contribution in [0.4, 0.5) is 4.39 Å². The van der Waals surface area contributed by atoms with Crippen molar-refractivity contribution < 1.29 is 9.18 Å². The van der Waals surface area contributed by atoms with E-state index < -0.39 is 0 Å². The first-order valence-electron chi connectivity index (χ1n) is 9.00. The molecule has 2 aromatic carbocycles. The van der Waals surface area contributed by atoms with Crippen LogP contribution in [-0.4, -0.2) is 22.6 Å². The molecule has 0 heterocycles. The molecule has 0 N–H and O–H groups in total. The Kier molecular flexibility index (Phi) is 4.80. The van der Waals surface area contributed by atoms with Gasteiger partial charge in [-0.1, -0.05) is 24.3 Å². The number of amides is 1. The molecule has 0 aliphatic heterocycles. The minimum absolute atomic E-state index is 0.207. The zero-order chi connectivity index (χ0) is 17.2. The molecule has 130 valence electrons. The molecule has 4 heteroatoms. The number of aryl methyl sites for hydroxylation is 1. The molecule has 2 nitrogen and oxygen atoms in total. The molecule has 0 unspecified atom stereocenters. The minimum atomic E-state index is -0.242. The Balaban J connectivity index is 1.50. The number of halogens is 1. The van der Waals surface area contributed by atoms with Crippen molar-refractivity contribution in [3.8, 4) is 0 Å². The average Bonchev–Trinajstić information content (AvgIpc) is 3.47. The predicted molar refractivity (Wildman–Crippen MR) is 99.1 cm³/mol. The van der Waals surface area contributed by atoms with Gasteiger partial charge in [0.2, 0.25) is 5.91 Å². The van der Waals surface area contributed by atoms with E-state index >= 15 is 0 Å². The summed E-state index contributed by atoms with van der Waals surface area (Å²) in [5.74, 6) is 0.383. The molecule has 0 bridgehead atoms. The molecule has 25 heavy (non-hydrogen) atoms. The number of hydrogen-bond donors (Lipinski definition) is 0. The second-order valence-corrected chi connectivity index (χ2v) is 7.93. The second kappa shape index (κ2) is 7.20. The lowest BCUT2D eigenvalue weighted by Crippen LogP contribution is -2.39. The van der Waals surface area contributed by atoms with Gasteiger partial charge >= 0.3 is 0 Å². The predicted octanol–water partition coefficient (Wildman–Crippen LogP) is 4.99. The van der Waals surface area contributed by atoms with Crippen LogP contribution in [0.2, 0.25) is 0 Å². The van der Waals surface area contributed by atoms with Gasteiger partial charge in [0.05, 0.1) is 11.8 Å². The Bertz CT molecular complexity index is 757. The van der Waals surface area contributed by atoms with E-state index in [9.17, 15) is 9.18 Å². The first kappa shape index (κ1) is 16.6. The quantitative estimate of drug-likeness (QED) is 0.705. The number of hydrogen-bond acceptors (Lipinski definition) is 2. The fraction of sp³-hybridized carbons (Fsp3) is 0.381. The van der Waals surface area contributed by atoms with Gasteiger partial charge < -0.3 is 4.90 Å². The van der Waals surface area contributed by atoms with Crippen molar-refractivity contribution in [2.45, 2.75) is 49.1 Å². The Hall–Kier alpha value is -1.81. The highest BCUT2D eigenvalue weighted by molar-refractivity contribution is 8.00. The van der Waals surface area contributed by atoms with E-state index in [-0.39, 0.29) is 17.8 Å². The molecule has 0 radical (unpaired) electrons. The lowest BCUT2D eigenvalue weighted by Gasteiger charge is -2.36. The molecule has 2 aliphatic carbocycles. The molecular formula is C21H22FNOS. The molecule has 1 fully saturated rings. The number of benzene rings is 2. The lowest BCUT2D eigenvalue weighted by molar-refractivity contribution is -0.131. The number of nitrogens with zero attached hydrogens (tertiary/aromatic N) is 1. The number of carbonyl (C=O) groups excluding carboxylic acids is 1. The summed E-state index contributed by atoms with van der Waals surface area (Å²) in [6, 6.07) is 15.6. The Morgan fingerprint density at radius 1 is 1.08 bits per heavy atom. The second-order valence-electron chi connectivity index (χ2n) is 6.88. The average molecular weight is 355 g/mol. The molecule has 2 aromatic rings. The highest BCUT2D eigenvalue weighted by Crippen LogP contribution is 2.41. The van der Waals surface area contributed by atoms with Crippen LogP contribution < -0.4 is 0 Å². The van der Waals surface area contributed by atoms with E-state index in [0.717, 1.165) is 37.0 Å². The summed E-state index contributed by atoms with van der Waals surface area (Å²) in [7, 11) is 0. The van der Waals surface area contributed by atoms with Gasteiger partial charge in [-0.2, -0.15) is 0 Å². The van der Waals surface area contributed by atoms with E-state index in [2.05, 4.69) is 29.2 Å². The molecule has 0 saturated heterocycles. The van der Waals surface area contributed by atoms with Crippen LogP contribution in [0, 0.1) is 5.82 Å². The maximum Gasteiger partial charge on any atom is 0.233 e. The summed E-state index contributed by atoms with van der Waals surface area (Å²) >= 11 is 1.50. The highest BCUT2D eigenvalue weighted by Gasteiger charge is 2.39. The van der Waals surface area contributed by atoms with Gasteiger partial charge in [0.1, 0.15) is 5.82 Å². The standard InChI is InChI=1S/C21H22FNOS/c22-16-8-12-18(13-9-16)25-14-21(24)23(17-10-11-17)20-7-3-5-15-4-1-2-6-19(15)20/h1-2,4,6,8-9,12-13,17,20H,3,5,7,10-11,14H2/t20-/m0/s1. The smallest absolute Gasteiger partial charge is 0.233 e. The van der Waals surface area contributed by atoms with E-state index in [1.807, 2.05) is 0 Å². The number of thioether (sulfide) groups is 1. The van der Waals surface area contributed by atoms with Gasteiger partial charge in [-0.3, -0.25) is 4.79 Å². The van der Waals surface area contributed by atoms with Crippen LogP contribution in [-0.2, 0) is 11.2 Å². The maximum absolute atomic E-state index is 13.0. The zero-order valence-electron chi connectivity index (χ0n) is 14.2. The van der Waals surface area contributed by atoms with Crippen molar-refractivity contribution in [2.24, 2.45) is 0 Å². The number of carbonyl (C=O) groups is 1. The van der Waals surface area contributed by atoms with Crippen LogP contribution in [0.5, 0.6) is 0 Å². The Morgan fingerprint density at radius 3 is 2.60 bits per heavy atom. The van der Waals surface area contributed by atoms with Gasteiger partial charge in [-0.05, 0) is 67.5 Å². The molecular weight excluding hydrogens is 333 g/mol. The normalized spacial score (nSPS) is 19.3. The van der Waals surface area contributed by atoms with Gasteiger partial charge in [-0.25, -0.2) is 4.39 Å². The molecule has 1 amide bonds. The molecule has 2 aliphatic rings. The van der Waals surface area contributed by atoms with Gasteiger partial charge in [0.25, 0.3) is 0 Å². The van der Waals surface area contributed by atoms with Crippen LogP contribution in [0.3, 0.4) is 0 Å². The van der Waals surface area contributed by atoms with Crippen molar-refractivity contribution in [2.75, 3.05) is 5.75 Å². The van der Waals surface area contributed by atoms with Crippen molar-refractivity contribution in [1.82, 2.24) is 4.90 Å². The van der Waals surface area contributed by atoms with Crippen LogP contribution >= 0.6 is 11.8 Å². The number of fused-ring (bicyclic) bond motifs is 1. The summed E-state index contributed by atoms with van der Waals surface area (Å²) < 4.78 is 13.0. The van der Waals surface area contributed by atoms with Crippen molar-refractivity contribution >= 4 is 17.7 Å². The fourth-order valence-corrected chi connectivity index (χ4v) is 4.52. The minimum Gasteiger partial charge on any atom is -0.332 e. The first-order valence-corrected chi connectivity index (χ1v) is 9.98. The van der Waals surface area contributed by atoms with E-state index in [0.29, 0.717) is 11.8 Å². The van der Waals surface area contributed by atoms with Crippen LogP contribution in [0.15, 0.2) is 53.4 Å². The maximum atomic E-state index is 13.0. The number of rotatable bonds is 5. The van der Waals surface area contributed by atoms with Crippen molar-refractivity contribution in [3.05, 3.63) is 65.5 Å². The highest BCUT2D eigenvalue weighted by atomic mass is 32.2. The molecule has 0 aromatic heterocycles. The SMILES string of the molecule is O=C(CSc1ccc(F)cc1)N(C1CC1)[C@H]1CCCc2ccccc21. The first-order chi connectivity index (χ1) is 12.2. The summed E-state index contributed by atoms with van der Waals surface area (Å²) in [5.41, 5.74) is 2.73. The zero-order valence-corrected chi connectivity index (χ0v) is 15.0. The molecule has 1 atom stereocenters. The summed E-state index contributed by atoms with van der Waals surface area (Å²) in [6.07, 6.45) is 5.55. The summed E-state index contributed by atoms with van der Waals surface area (Å²) in [4.78, 5) is 16.1. The topological polar surface area (TPSA) is 20.3 Å². The molecule has 4 rings (SSSR count). The van der Waals surface area contributed by atoms with Gasteiger partial charge in [-0.15, -0.1) is 11.8 Å². The molecule has 0 spiro atoms. The fourth-order valence-electron chi connectivity index (χ4n) is 3.75. The monoisotopic (exact) mass is 355 g/mol. The summed E-state index contributed by atoms with van der Waals surface area (Å²) in [5, 5.41) is 0. The largest absolute Gasteiger partial charge is 0.332 e. The third-order valence-corrected chi connectivity index (χ3v) is 6.07. The molecule has 1 saturated carbocycles. The van der Waals surface area contributed by atoms with Crippen LogP contribution in [0.25, 0.3) is 0 Å². The Morgan fingerprint density at radius 2 is 1.84 bits per heavy atom. The van der Waals surface area contributed by atoms with Crippen molar-refractivity contribution in [3.63, 3.8) is 0 Å². The van der Waals surface area contributed by atoms with Crippen LogP contribution in [0.1, 0.15) is 42.9 Å². The third-order valence-electron chi connectivity index (χ3n) is 5.08. The summed E-state index contributed by atoms with van der Waals surface area (Å²) in [6.45, 7) is 0. The Labute approximate surface area is 152 Å². The third kappa shape index (κ3) is 3.74. The van der Waals surface area contributed by atoms with E-state index in [1.54, 1.807) is 12.1 Å². The van der Waals surface area contributed by atoms with Gasteiger partial charge in [0.15, 0.2) is 0 Å². The van der Waals surface area contributed by atoms with E-state index in [1.165, 1.54) is 35.0 Å².